The lowest BCUT2D eigenvalue weighted by Gasteiger charge is -2.21. The van der Waals surface area contributed by atoms with Crippen LogP contribution in [0.25, 0.3) is 10.8 Å². The highest BCUT2D eigenvalue weighted by Gasteiger charge is 2.17. The van der Waals surface area contributed by atoms with Crippen LogP contribution in [0.4, 0.5) is 5.69 Å². The van der Waals surface area contributed by atoms with E-state index in [0.29, 0.717) is 5.69 Å². The zero-order valence-corrected chi connectivity index (χ0v) is 15.5. The van der Waals surface area contributed by atoms with Crippen molar-refractivity contribution in [1.29, 1.82) is 0 Å². The van der Waals surface area contributed by atoms with E-state index < -0.39 is 36.1 Å². The van der Waals surface area contributed by atoms with Crippen LogP contribution in [0.1, 0.15) is 0 Å². The Hall–Kier alpha value is -3.94. The van der Waals surface area contributed by atoms with Gasteiger partial charge in [0, 0.05) is 12.2 Å². The molecule has 8 heteroatoms. The highest BCUT2D eigenvalue weighted by Crippen LogP contribution is 2.13. The molecule has 0 aliphatic rings. The number of fused-ring (bicyclic) bond motifs is 1. The second-order valence-corrected chi connectivity index (χ2v) is 6.17. The Labute approximate surface area is 165 Å². The van der Waals surface area contributed by atoms with Crippen LogP contribution in [0, 0.1) is 0 Å². The lowest BCUT2D eigenvalue weighted by Crippen LogP contribution is -2.36. The first-order valence-electron chi connectivity index (χ1n) is 8.85. The lowest BCUT2D eigenvalue weighted by atomic mass is 10.2. The smallest absolute Gasteiger partial charge is 0.328 e. The molecule has 1 N–H and O–H groups in total. The molecule has 0 unspecified atom stereocenters. The summed E-state index contributed by atoms with van der Waals surface area (Å²) in [5.41, 5.74) is -0.380. The molecule has 1 aromatic heterocycles. The number of aromatic amines is 1. The third kappa shape index (κ3) is 4.49. The van der Waals surface area contributed by atoms with E-state index in [1.54, 1.807) is 42.5 Å². The Balaban J connectivity index is 1.70. The molecule has 3 aromatic rings. The van der Waals surface area contributed by atoms with E-state index in [2.05, 4.69) is 11.7 Å². The molecular weight excluding hydrogens is 374 g/mol. The predicted octanol–water partition coefficient (Wildman–Crippen LogP) is 1.45. The zero-order chi connectivity index (χ0) is 20.8. The number of nitrogens with zero attached hydrogens (tertiary/aromatic N) is 2. The van der Waals surface area contributed by atoms with Crippen molar-refractivity contribution < 1.29 is 14.3 Å². The summed E-state index contributed by atoms with van der Waals surface area (Å²) < 4.78 is 5.89. The molecular formula is C21H19N3O5. The highest BCUT2D eigenvalue weighted by molar-refractivity contribution is 5.95. The minimum Gasteiger partial charge on any atom is -0.454 e. The number of ether oxygens (including phenoxy) is 1. The molecule has 0 aliphatic carbocycles. The Morgan fingerprint density at radius 3 is 2.38 bits per heavy atom. The number of aromatic nitrogens is 2. The molecule has 8 nitrogen and oxygen atoms in total. The van der Waals surface area contributed by atoms with Gasteiger partial charge in [-0.15, -0.1) is 6.58 Å². The number of esters is 1. The van der Waals surface area contributed by atoms with Crippen molar-refractivity contribution in [2.75, 3.05) is 18.1 Å². The average molecular weight is 393 g/mol. The first-order chi connectivity index (χ1) is 14.0. The van der Waals surface area contributed by atoms with Crippen molar-refractivity contribution in [2.24, 2.45) is 0 Å². The molecule has 0 spiro atoms. The van der Waals surface area contributed by atoms with Crippen LogP contribution in [0.5, 0.6) is 0 Å². The van der Waals surface area contributed by atoms with Gasteiger partial charge in [0.15, 0.2) is 6.61 Å². The molecule has 0 radical (unpaired) electrons. The van der Waals surface area contributed by atoms with Crippen LogP contribution >= 0.6 is 0 Å². The molecule has 0 fully saturated rings. The largest absolute Gasteiger partial charge is 0.454 e. The van der Waals surface area contributed by atoms with Crippen LogP contribution in [0.15, 0.2) is 76.8 Å². The topological polar surface area (TPSA) is 101 Å². The standard InChI is InChI=1S/C21H19N3O5/c1-2-12-23(15-8-4-3-5-9-15)18(25)14-29-19(26)13-24-21(28)17-11-7-6-10-16(17)20(27)22-24/h2-11H,1,12-14H2,(H,22,27). The number of para-hydroxylation sites is 1. The van der Waals surface area contributed by atoms with Crippen LogP contribution < -0.4 is 16.0 Å². The van der Waals surface area contributed by atoms with E-state index in [0.717, 1.165) is 4.68 Å². The maximum absolute atomic E-state index is 12.5. The highest BCUT2D eigenvalue weighted by atomic mass is 16.5. The summed E-state index contributed by atoms with van der Waals surface area (Å²) in [5, 5.41) is 2.78. The summed E-state index contributed by atoms with van der Waals surface area (Å²) in [7, 11) is 0. The van der Waals surface area contributed by atoms with Gasteiger partial charge in [-0.25, -0.2) is 4.68 Å². The molecule has 148 valence electrons. The molecule has 29 heavy (non-hydrogen) atoms. The third-order valence-electron chi connectivity index (χ3n) is 4.21. The Morgan fingerprint density at radius 2 is 1.69 bits per heavy atom. The van der Waals surface area contributed by atoms with Crippen LogP contribution in [0.3, 0.4) is 0 Å². The fourth-order valence-electron chi connectivity index (χ4n) is 2.84. The van der Waals surface area contributed by atoms with Gasteiger partial charge < -0.3 is 9.64 Å². The van der Waals surface area contributed by atoms with Crippen molar-refractivity contribution in [3.8, 4) is 0 Å². The van der Waals surface area contributed by atoms with Gasteiger partial charge in [0.05, 0.1) is 10.8 Å². The van der Waals surface area contributed by atoms with Gasteiger partial charge in [-0.2, -0.15) is 0 Å². The lowest BCUT2D eigenvalue weighted by molar-refractivity contribution is -0.148. The van der Waals surface area contributed by atoms with Gasteiger partial charge >= 0.3 is 5.97 Å². The van der Waals surface area contributed by atoms with E-state index in [-0.39, 0.29) is 17.3 Å². The molecule has 0 saturated carbocycles. The summed E-state index contributed by atoms with van der Waals surface area (Å²) in [6.45, 7) is 2.86. The maximum atomic E-state index is 12.5. The molecule has 1 amide bonds. The summed E-state index contributed by atoms with van der Waals surface area (Å²) in [6.07, 6.45) is 1.56. The van der Waals surface area contributed by atoms with Crippen LogP contribution in [0.2, 0.25) is 0 Å². The Kier molecular flexibility index (Phi) is 6.03. The maximum Gasteiger partial charge on any atom is 0.328 e. The number of hydrogen-bond donors (Lipinski definition) is 1. The van der Waals surface area contributed by atoms with E-state index >= 15 is 0 Å². The second kappa shape index (κ2) is 8.83. The van der Waals surface area contributed by atoms with Crippen LogP contribution in [-0.2, 0) is 20.9 Å². The molecule has 1 heterocycles. The van der Waals surface area contributed by atoms with Crippen molar-refractivity contribution >= 4 is 28.3 Å². The third-order valence-corrected chi connectivity index (χ3v) is 4.21. The molecule has 0 atom stereocenters. The normalized spacial score (nSPS) is 10.5. The van der Waals surface area contributed by atoms with E-state index in [1.807, 2.05) is 6.07 Å². The van der Waals surface area contributed by atoms with E-state index in [9.17, 15) is 19.2 Å². The fourth-order valence-corrected chi connectivity index (χ4v) is 2.84. The minimum absolute atomic E-state index is 0.196. The van der Waals surface area contributed by atoms with Gasteiger partial charge in [-0.05, 0) is 24.3 Å². The Morgan fingerprint density at radius 1 is 1.03 bits per heavy atom. The number of rotatable bonds is 7. The summed E-state index contributed by atoms with van der Waals surface area (Å²) in [4.78, 5) is 50.5. The van der Waals surface area contributed by atoms with Gasteiger partial charge in [-0.1, -0.05) is 36.4 Å². The fraction of sp³-hybridized carbons (Fsp3) is 0.143. The van der Waals surface area contributed by atoms with Crippen molar-refractivity contribution in [3.63, 3.8) is 0 Å². The number of amides is 1. The van der Waals surface area contributed by atoms with Crippen LogP contribution in [-0.4, -0.2) is 34.8 Å². The number of hydrogen-bond acceptors (Lipinski definition) is 5. The molecule has 0 bridgehead atoms. The summed E-state index contributed by atoms with van der Waals surface area (Å²) in [6, 6.07) is 15.2. The van der Waals surface area contributed by atoms with E-state index in [1.165, 1.54) is 17.0 Å². The van der Waals surface area contributed by atoms with Gasteiger partial charge in [0.2, 0.25) is 0 Å². The number of H-pyrrole nitrogens is 1. The van der Waals surface area contributed by atoms with Crippen molar-refractivity contribution in [2.45, 2.75) is 6.54 Å². The molecule has 3 rings (SSSR count). The molecule has 0 saturated heterocycles. The second-order valence-electron chi connectivity index (χ2n) is 6.17. The minimum atomic E-state index is -0.821. The summed E-state index contributed by atoms with van der Waals surface area (Å²) in [5.74, 6) is -1.26. The van der Waals surface area contributed by atoms with Gasteiger partial charge in [-0.3, -0.25) is 24.3 Å². The first kappa shape index (κ1) is 19.8. The average Bonchev–Trinajstić information content (AvgIpc) is 2.74. The SMILES string of the molecule is C=CCN(C(=O)COC(=O)Cn1[nH]c(=O)c2ccccc2c1=O)c1ccccc1. The predicted molar refractivity (Wildman–Crippen MR) is 109 cm³/mol. The van der Waals surface area contributed by atoms with Gasteiger partial charge in [0.25, 0.3) is 17.0 Å². The quantitative estimate of drug-likeness (QED) is 0.484. The van der Waals surface area contributed by atoms with Gasteiger partial charge in [0.1, 0.15) is 6.54 Å². The monoisotopic (exact) mass is 393 g/mol. The number of benzene rings is 2. The number of anilines is 1. The number of carbonyl (C=O) groups is 2. The molecule has 2 aromatic carbocycles. The van der Waals surface area contributed by atoms with Crippen molar-refractivity contribution in [3.05, 3.63) is 88.0 Å². The number of nitrogens with one attached hydrogen (secondary N) is 1. The number of carbonyl (C=O) groups excluding carboxylic acids is 2. The Bertz CT molecular complexity index is 1160. The zero-order valence-electron chi connectivity index (χ0n) is 15.5. The van der Waals surface area contributed by atoms with E-state index in [4.69, 9.17) is 4.74 Å². The first-order valence-corrected chi connectivity index (χ1v) is 8.85. The van der Waals surface area contributed by atoms with Crippen molar-refractivity contribution in [1.82, 2.24) is 9.78 Å². The summed E-state index contributed by atoms with van der Waals surface area (Å²) >= 11 is 0. The molecule has 0 aliphatic heterocycles.